The zero-order valence-electron chi connectivity index (χ0n) is 23.2. The molecule has 3 aromatic rings. The van der Waals surface area contributed by atoms with E-state index in [1.807, 2.05) is 18.2 Å². The molecule has 40 heavy (non-hydrogen) atoms. The lowest BCUT2D eigenvalue weighted by molar-refractivity contribution is -0.128. The number of ether oxygens (including phenoxy) is 1. The van der Waals surface area contributed by atoms with Crippen molar-refractivity contribution in [1.82, 2.24) is 13.8 Å². The predicted molar refractivity (Wildman–Crippen MR) is 163 cm³/mol. The summed E-state index contributed by atoms with van der Waals surface area (Å²) in [6, 6.07) is 14.6. The molecule has 0 bridgehead atoms. The molecule has 3 heterocycles. The van der Waals surface area contributed by atoms with Gasteiger partial charge < -0.3 is 15.0 Å². The van der Waals surface area contributed by atoms with Gasteiger partial charge in [-0.3, -0.25) is 9.69 Å². The molecule has 2 saturated heterocycles. The highest BCUT2D eigenvalue weighted by Gasteiger charge is 2.31. The van der Waals surface area contributed by atoms with E-state index in [9.17, 15) is 13.2 Å². The third-order valence-corrected chi connectivity index (χ3v) is 9.87. The number of carbonyl (C=O) groups is 1. The molecule has 2 aromatic carbocycles. The maximum atomic E-state index is 12.8. The average Bonchev–Trinajstić information content (AvgIpc) is 3.29. The number of hydrogen-bond donors (Lipinski definition) is 1. The minimum atomic E-state index is -3.20. The monoisotopic (exact) mass is 582 g/mol. The summed E-state index contributed by atoms with van der Waals surface area (Å²) in [6.45, 7) is 4.23. The highest BCUT2D eigenvalue weighted by atomic mass is 32.2. The molecule has 2 N–H and O–H groups in total. The van der Waals surface area contributed by atoms with E-state index in [0.717, 1.165) is 65.6 Å². The van der Waals surface area contributed by atoms with Crippen molar-refractivity contribution in [2.24, 2.45) is 11.7 Å². The Labute approximate surface area is 242 Å². The number of fused-ring (bicyclic) bond motifs is 1. The van der Waals surface area contributed by atoms with Gasteiger partial charge in [-0.1, -0.05) is 42.5 Å². The molecule has 0 saturated carbocycles. The van der Waals surface area contributed by atoms with E-state index in [1.165, 1.54) is 6.26 Å². The van der Waals surface area contributed by atoms with Gasteiger partial charge in [0.25, 0.3) is 0 Å². The van der Waals surface area contributed by atoms with Crippen molar-refractivity contribution in [2.75, 3.05) is 52.7 Å². The molecule has 0 atom stereocenters. The number of likely N-dealkylation sites (tertiary alicyclic amines) is 1. The number of rotatable bonds is 11. The number of nitrogens with zero attached hydrogens (tertiary/aromatic N) is 3. The highest BCUT2D eigenvalue weighted by molar-refractivity contribution is 7.88. The summed E-state index contributed by atoms with van der Waals surface area (Å²) in [6.07, 6.45) is 6.18. The number of thiocarbonyl (C=S) groups is 1. The maximum absolute atomic E-state index is 12.8. The first-order chi connectivity index (χ1) is 19.1. The van der Waals surface area contributed by atoms with Crippen molar-refractivity contribution >= 4 is 43.9 Å². The summed E-state index contributed by atoms with van der Waals surface area (Å²) < 4.78 is 33.2. The van der Waals surface area contributed by atoms with E-state index in [2.05, 4.69) is 39.9 Å². The van der Waals surface area contributed by atoms with Crippen LogP contribution in [0.1, 0.15) is 36.4 Å². The van der Waals surface area contributed by atoms with Gasteiger partial charge >= 0.3 is 0 Å². The van der Waals surface area contributed by atoms with E-state index >= 15 is 0 Å². The summed E-state index contributed by atoms with van der Waals surface area (Å²) in [4.78, 5) is 15.5. The van der Waals surface area contributed by atoms with Crippen LogP contribution in [0.3, 0.4) is 0 Å². The standard InChI is InChI=1S/C30H38N4O4S2/c1-38-15-14-32-18-24(19-32)29(35)9-7-21-6-8-26-27(22-4-3-5-23(17-22)30(31)39)20-34(28(26)16-21)25-10-12-33(13-11-25)40(2,36)37/h3-6,8,16-17,20,24-25H,7,9-15,18-19H2,1-2H3,(H2,31,39). The Morgan fingerprint density at radius 3 is 2.55 bits per heavy atom. The molecule has 214 valence electrons. The minimum absolute atomic E-state index is 0.122. The lowest BCUT2D eigenvalue weighted by Crippen LogP contribution is -2.51. The molecule has 2 aliphatic heterocycles. The number of Topliss-reactive ketones (excluding diaryl/α,β-unsaturated/α-hetero) is 1. The lowest BCUT2D eigenvalue weighted by atomic mass is 9.91. The van der Waals surface area contributed by atoms with E-state index < -0.39 is 10.0 Å². The second-order valence-electron chi connectivity index (χ2n) is 11.1. The van der Waals surface area contributed by atoms with E-state index in [-0.39, 0.29) is 12.0 Å². The maximum Gasteiger partial charge on any atom is 0.211 e. The fourth-order valence-corrected chi connectivity index (χ4v) is 6.93. The number of methoxy groups -OCH3 is 1. The molecule has 2 fully saturated rings. The van der Waals surface area contributed by atoms with Crippen LogP contribution < -0.4 is 5.73 Å². The summed E-state index contributed by atoms with van der Waals surface area (Å²) in [7, 11) is -1.50. The van der Waals surface area contributed by atoms with Gasteiger partial charge in [-0.2, -0.15) is 0 Å². The molecule has 0 aliphatic carbocycles. The number of aromatic nitrogens is 1. The molecular weight excluding hydrogens is 544 g/mol. The summed E-state index contributed by atoms with van der Waals surface area (Å²) in [5, 5.41) is 1.12. The molecule has 1 aromatic heterocycles. The number of aryl methyl sites for hydroxylation is 1. The Bertz CT molecular complexity index is 1500. The second kappa shape index (κ2) is 12.1. The van der Waals surface area contributed by atoms with Crippen LogP contribution in [0.5, 0.6) is 0 Å². The number of piperidine rings is 1. The van der Waals surface area contributed by atoms with Crippen LogP contribution >= 0.6 is 12.2 Å². The van der Waals surface area contributed by atoms with Gasteiger partial charge in [-0.25, -0.2) is 12.7 Å². The SMILES string of the molecule is COCCN1CC(C(=O)CCc2ccc3c(-c4cccc(C(N)=S)c4)cn(C4CCN(S(C)(=O)=O)CC4)c3c2)C1. The van der Waals surface area contributed by atoms with E-state index in [1.54, 1.807) is 11.4 Å². The first-order valence-corrected chi connectivity index (χ1v) is 16.1. The Hall–Kier alpha value is -2.63. The van der Waals surface area contributed by atoms with Gasteiger partial charge in [0.2, 0.25) is 10.0 Å². The fourth-order valence-electron chi connectivity index (χ4n) is 5.92. The molecular formula is C30H38N4O4S2. The molecule has 0 unspecified atom stereocenters. The van der Waals surface area contributed by atoms with Gasteiger partial charge in [-0.15, -0.1) is 0 Å². The second-order valence-corrected chi connectivity index (χ2v) is 13.5. The average molecular weight is 583 g/mol. The number of ketones is 1. The van der Waals surface area contributed by atoms with Crippen molar-refractivity contribution in [3.8, 4) is 11.1 Å². The van der Waals surface area contributed by atoms with Crippen molar-refractivity contribution in [2.45, 2.75) is 31.7 Å². The van der Waals surface area contributed by atoms with Crippen molar-refractivity contribution < 1.29 is 17.9 Å². The van der Waals surface area contributed by atoms with Crippen molar-refractivity contribution in [3.63, 3.8) is 0 Å². The van der Waals surface area contributed by atoms with Gasteiger partial charge in [0.15, 0.2) is 0 Å². The number of nitrogens with two attached hydrogens (primary N) is 1. The van der Waals surface area contributed by atoms with Crippen LogP contribution in [-0.4, -0.2) is 85.7 Å². The Balaban J connectivity index is 1.39. The molecule has 0 radical (unpaired) electrons. The summed E-state index contributed by atoms with van der Waals surface area (Å²) in [5.41, 5.74) is 11.1. The molecule has 10 heteroatoms. The largest absolute Gasteiger partial charge is 0.389 e. The third-order valence-electron chi connectivity index (χ3n) is 8.33. The smallest absolute Gasteiger partial charge is 0.211 e. The number of carbonyl (C=O) groups excluding carboxylic acids is 1. The molecule has 8 nitrogen and oxygen atoms in total. The van der Waals surface area contributed by atoms with Gasteiger partial charge in [0.05, 0.1) is 12.9 Å². The molecule has 0 spiro atoms. The van der Waals surface area contributed by atoms with Gasteiger partial charge in [0.1, 0.15) is 10.8 Å². The number of benzene rings is 2. The third kappa shape index (κ3) is 6.31. The van der Waals surface area contributed by atoms with Crippen LogP contribution in [0.15, 0.2) is 48.7 Å². The molecule has 0 amide bonds. The number of hydrogen-bond acceptors (Lipinski definition) is 6. The molecule has 2 aliphatic rings. The van der Waals surface area contributed by atoms with E-state index in [0.29, 0.717) is 43.3 Å². The van der Waals surface area contributed by atoms with Gasteiger partial charge in [-0.05, 0) is 42.5 Å². The lowest BCUT2D eigenvalue weighted by Gasteiger charge is -2.38. The fraction of sp³-hybridized carbons (Fsp3) is 0.467. The molecule has 5 rings (SSSR count). The quantitative estimate of drug-likeness (QED) is 0.345. The van der Waals surface area contributed by atoms with Crippen molar-refractivity contribution in [1.29, 1.82) is 0 Å². The summed E-state index contributed by atoms with van der Waals surface area (Å²) >= 11 is 5.22. The minimum Gasteiger partial charge on any atom is -0.389 e. The van der Waals surface area contributed by atoms with Crippen molar-refractivity contribution in [3.05, 3.63) is 59.8 Å². The Morgan fingerprint density at radius 2 is 1.88 bits per heavy atom. The van der Waals surface area contributed by atoms with Crippen LogP contribution in [0, 0.1) is 5.92 Å². The normalized spacial score (nSPS) is 17.8. The van der Waals surface area contributed by atoms with Crippen LogP contribution in [0.25, 0.3) is 22.0 Å². The summed E-state index contributed by atoms with van der Waals surface area (Å²) in [5.74, 6) is 0.449. The Kier molecular flexibility index (Phi) is 8.72. The highest BCUT2D eigenvalue weighted by Crippen LogP contribution is 2.37. The topological polar surface area (TPSA) is 97.9 Å². The first-order valence-electron chi connectivity index (χ1n) is 13.9. The zero-order chi connectivity index (χ0) is 28.4. The van der Waals surface area contributed by atoms with Crippen LogP contribution in [0.2, 0.25) is 0 Å². The zero-order valence-corrected chi connectivity index (χ0v) is 24.8. The Morgan fingerprint density at radius 1 is 1.12 bits per heavy atom. The van der Waals surface area contributed by atoms with Crippen LogP contribution in [-0.2, 0) is 26.0 Å². The number of sulfonamides is 1. The van der Waals surface area contributed by atoms with Gasteiger partial charge in [0, 0.05) is 86.4 Å². The van der Waals surface area contributed by atoms with E-state index in [4.69, 9.17) is 22.7 Å². The first kappa shape index (κ1) is 28.9. The predicted octanol–water partition coefficient (Wildman–Crippen LogP) is 3.62. The van der Waals surface area contributed by atoms with Crippen LogP contribution in [0.4, 0.5) is 0 Å².